The van der Waals surface area contributed by atoms with Gasteiger partial charge in [0.2, 0.25) is 5.91 Å². The van der Waals surface area contributed by atoms with E-state index in [1.165, 1.54) is 24.1 Å². The average Bonchev–Trinajstić information content (AvgIpc) is 2.93. The second kappa shape index (κ2) is 7.97. The van der Waals surface area contributed by atoms with Crippen LogP contribution in [0.5, 0.6) is 0 Å². The Hall–Kier alpha value is -1.59. The van der Waals surface area contributed by atoms with Gasteiger partial charge in [-0.3, -0.25) is 9.69 Å². The molecule has 1 amide bonds. The maximum absolute atomic E-state index is 12.8. The molecule has 2 atom stereocenters. The molecular formula is C21H32N4O. The van der Waals surface area contributed by atoms with Crippen molar-refractivity contribution < 1.29 is 4.79 Å². The zero-order chi connectivity index (χ0) is 17.9. The van der Waals surface area contributed by atoms with E-state index in [-0.39, 0.29) is 0 Å². The van der Waals surface area contributed by atoms with Gasteiger partial charge in [0, 0.05) is 63.5 Å². The summed E-state index contributed by atoms with van der Waals surface area (Å²) in [4.78, 5) is 20.0. The van der Waals surface area contributed by atoms with Gasteiger partial charge >= 0.3 is 0 Å². The predicted octanol–water partition coefficient (Wildman–Crippen LogP) is 1.86. The monoisotopic (exact) mass is 356 g/mol. The Labute approximate surface area is 157 Å². The maximum Gasteiger partial charge on any atom is 0.224 e. The van der Waals surface area contributed by atoms with Gasteiger partial charge in [-0.2, -0.15) is 0 Å². The molecule has 3 fully saturated rings. The molecule has 0 radical (unpaired) electrons. The minimum absolute atomic E-state index is 0.377. The molecule has 0 spiro atoms. The summed E-state index contributed by atoms with van der Waals surface area (Å²) in [6.07, 6.45) is 4.18. The normalized spacial score (nSPS) is 26.8. The van der Waals surface area contributed by atoms with Gasteiger partial charge in [0.05, 0.1) is 0 Å². The minimum Gasteiger partial charge on any atom is -0.369 e. The molecule has 0 aliphatic carbocycles. The SMILES string of the molecule is Cc1cccc(N2CCN(CCC(=O)N3C4CCNCC3CC4)CC2)c1. The zero-order valence-corrected chi connectivity index (χ0v) is 16.0. The molecular weight excluding hydrogens is 324 g/mol. The Kier molecular flexibility index (Phi) is 5.46. The maximum atomic E-state index is 12.8. The predicted molar refractivity (Wildman–Crippen MR) is 106 cm³/mol. The van der Waals surface area contributed by atoms with Crippen LogP contribution in [-0.4, -0.2) is 73.6 Å². The summed E-state index contributed by atoms with van der Waals surface area (Å²) in [5, 5.41) is 3.48. The number of fused-ring (bicyclic) bond motifs is 2. The van der Waals surface area contributed by atoms with Crippen molar-refractivity contribution in [3.63, 3.8) is 0 Å². The van der Waals surface area contributed by atoms with Crippen molar-refractivity contribution in [3.05, 3.63) is 29.8 Å². The van der Waals surface area contributed by atoms with Crippen molar-refractivity contribution >= 4 is 11.6 Å². The molecule has 1 N–H and O–H groups in total. The second-order valence-electron chi connectivity index (χ2n) is 8.10. The molecule has 2 unspecified atom stereocenters. The van der Waals surface area contributed by atoms with Crippen LogP contribution in [0.25, 0.3) is 0 Å². The number of piperazine rings is 1. The molecule has 2 bridgehead atoms. The van der Waals surface area contributed by atoms with E-state index >= 15 is 0 Å². The van der Waals surface area contributed by atoms with Gasteiger partial charge in [-0.15, -0.1) is 0 Å². The topological polar surface area (TPSA) is 38.8 Å². The summed E-state index contributed by atoms with van der Waals surface area (Å²) in [6.45, 7) is 9.31. The Morgan fingerprint density at radius 2 is 1.92 bits per heavy atom. The number of benzene rings is 1. The third kappa shape index (κ3) is 3.89. The van der Waals surface area contributed by atoms with Gasteiger partial charge in [-0.1, -0.05) is 12.1 Å². The number of nitrogens with one attached hydrogen (secondary N) is 1. The van der Waals surface area contributed by atoms with E-state index in [0.717, 1.165) is 52.2 Å². The Bertz CT molecular complexity index is 612. The first kappa shape index (κ1) is 17.8. The summed E-state index contributed by atoms with van der Waals surface area (Å²) < 4.78 is 0. The standard InChI is InChI=1S/C21H32N4O/c1-17-3-2-4-19(15-17)24-13-11-23(12-14-24)10-8-21(26)25-18-5-6-20(25)16-22-9-7-18/h2-4,15,18,20,22H,5-14,16H2,1H3. The van der Waals surface area contributed by atoms with E-state index in [9.17, 15) is 4.79 Å². The van der Waals surface area contributed by atoms with E-state index in [0.29, 0.717) is 24.4 Å². The van der Waals surface area contributed by atoms with E-state index in [1.54, 1.807) is 0 Å². The molecule has 4 rings (SSSR count). The number of carbonyl (C=O) groups excluding carboxylic acids is 1. The fourth-order valence-electron chi connectivity index (χ4n) is 4.83. The van der Waals surface area contributed by atoms with Crippen LogP contribution in [0.15, 0.2) is 24.3 Å². The lowest BCUT2D eigenvalue weighted by atomic mass is 10.1. The van der Waals surface area contributed by atoms with Gasteiger partial charge in [0.15, 0.2) is 0 Å². The number of hydrogen-bond acceptors (Lipinski definition) is 4. The minimum atomic E-state index is 0.377. The van der Waals surface area contributed by atoms with Gasteiger partial charge in [-0.05, 0) is 50.4 Å². The fourth-order valence-corrected chi connectivity index (χ4v) is 4.83. The quantitative estimate of drug-likeness (QED) is 0.894. The van der Waals surface area contributed by atoms with Crippen molar-refractivity contribution in [2.75, 3.05) is 50.7 Å². The summed E-state index contributed by atoms with van der Waals surface area (Å²) in [5.41, 5.74) is 2.64. The van der Waals surface area contributed by atoms with Crippen molar-refractivity contribution in [1.29, 1.82) is 0 Å². The van der Waals surface area contributed by atoms with E-state index < -0.39 is 0 Å². The molecule has 5 heteroatoms. The lowest BCUT2D eigenvalue weighted by molar-refractivity contribution is -0.134. The highest BCUT2D eigenvalue weighted by atomic mass is 16.2. The summed E-state index contributed by atoms with van der Waals surface area (Å²) in [6, 6.07) is 9.68. The van der Waals surface area contributed by atoms with Gasteiger partial charge < -0.3 is 15.1 Å². The first-order chi connectivity index (χ1) is 12.7. The largest absolute Gasteiger partial charge is 0.369 e. The van der Waals surface area contributed by atoms with Crippen molar-refractivity contribution in [3.8, 4) is 0 Å². The van der Waals surface area contributed by atoms with Crippen LogP contribution in [0.3, 0.4) is 0 Å². The molecule has 0 aromatic heterocycles. The van der Waals surface area contributed by atoms with Crippen LogP contribution in [-0.2, 0) is 4.79 Å². The van der Waals surface area contributed by atoms with Gasteiger partial charge in [0.1, 0.15) is 0 Å². The summed E-state index contributed by atoms with van der Waals surface area (Å²) in [5.74, 6) is 0.377. The molecule has 5 nitrogen and oxygen atoms in total. The smallest absolute Gasteiger partial charge is 0.224 e. The van der Waals surface area contributed by atoms with Crippen LogP contribution in [0.2, 0.25) is 0 Å². The van der Waals surface area contributed by atoms with E-state index in [4.69, 9.17) is 0 Å². The fraction of sp³-hybridized carbons (Fsp3) is 0.667. The van der Waals surface area contributed by atoms with Gasteiger partial charge in [-0.25, -0.2) is 0 Å². The average molecular weight is 357 g/mol. The second-order valence-corrected chi connectivity index (χ2v) is 8.10. The highest BCUT2D eigenvalue weighted by Crippen LogP contribution is 2.28. The van der Waals surface area contributed by atoms with E-state index in [2.05, 4.69) is 51.2 Å². The summed E-state index contributed by atoms with van der Waals surface area (Å²) in [7, 11) is 0. The van der Waals surface area contributed by atoms with Crippen LogP contribution in [0, 0.1) is 6.92 Å². The highest BCUT2D eigenvalue weighted by Gasteiger charge is 2.37. The Morgan fingerprint density at radius 3 is 2.73 bits per heavy atom. The molecule has 3 aliphatic heterocycles. The molecule has 3 saturated heterocycles. The van der Waals surface area contributed by atoms with Crippen LogP contribution in [0.1, 0.15) is 31.2 Å². The highest BCUT2D eigenvalue weighted by molar-refractivity contribution is 5.77. The third-order valence-corrected chi connectivity index (χ3v) is 6.32. The number of carbonyl (C=O) groups is 1. The van der Waals surface area contributed by atoms with Crippen LogP contribution >= 0.6 is 0 Å². The number of anilines is 1. The van der Waals surface area contributed by atoms with Crippen molar-refractivity contribution in [1.82, 2.24) is 15.1 Å². The van der Waals surface area contributed by atoms with Crippen LogP contribution < -0.4 is 10.2 Å². The van der Waals surface area contributed by atoms with Crippen molar-refractivity contribution in [2.24, 2.45) is 0 Å². The van der Waals surface area contributed by atoms with Gasteiger partial charge in [0.25, 0.3) is 0 Å². The Balaban J connectivity index is 1.25. The summed E-state index contributed by atoms with van der Waals surface area (Å²) >= 11 is 0. The molecule has 1 aromatic carbocycles. The number of nitrogens with zero attached hydrogens (tertiary/aromatic N) is 3. The van der Waals surface area contributed by atoms with E-state index in [1.807, 2.05) is 0 Å². The number of rotatable bonds is 4. The Morgan fingerprint density at radius 1 is 1.12 bits per heavy atom. The first-order valence-corrected chi connectivity index (χ1v) is 10.3. The van der Waals surface area contributed by atoms with Crippen molar-refractivity contribution in [2.45, 2.75) is 44.7 Å². The molecule has 1 aromatic rings. The number of aryl methyl sites for hydroxylation is 1. The molecule has 142 valence electrons. The molecule has 26 heavy (non-hydrogen) atoms. The number of amides is 1. The lowest BCUT2D eigenvalue weighted by Gasteiger charge is -2.36. The lowest BCUT2D eigenvalue weighted by Crippen LogP contribution is -2.48. The molecule has 3 heterocycles. The number of hydrogen-bond donors (Lipinski definition) is 1. The third-order valence-electron chi connectivity index (χ3n) is 6.32. The first-order valence-electron chi connectivity index (χ1n) is 10.3. The molecule has 0 saturated carbocycles. The van der Waals surface area contributed by atoms with Crippen LogP contribution in [0.4, 0.5) is 5.69 Å². The molecule has 3 aliphatic rings. The zero-order valence-electron chi connectivity index (χ0n) is 16.0.